The van der Waals surface area contributed by atoms with Crippen LogP contribution in [0.3, 0.4) is 0 Å². The van der Waals surface area contributed by atoms with Gasteiger partial charge >= 0.3 is 5.97 Å². The maximum Gasteiger partial charge on any atom is 0.329 e. The maximum atomic E-state index is 12.9. The van der Waals surface area contributed by atoms with E-state index >= 15 is 0 Å². The molecule has 6 nitrogen and oxygen atoms in total. The second kappa shape index (κ2) is 8.14. The molecule has 2 aromatic rings. The molecule has 0 radical (unpaired) electrons. The lowest BCUT2D eigenvalue weighted by molar-refractivity contribution is -0.160. The standard InChI is InChI=1S/C21H22N2O4S/c24-19(22-15-10-11-15)18(14-6-2-1-3-7-14)27-21(26)16-8-4-12-23(16)20(25)17-9-5-13-28-17/h1-3,5-7,9,13,15-16,18H,4,8,10-12H2,(H,22,24)/t16-,18+/m0/s1. The SMILES string of the molecule is O=C(NC1CC1)[C@H](OC(=O)[C@@H]1CCCN1C(=O)c1cccs1)c1ccccc1. The van der Waals surface area contributed by atoms with Crippen LogP contribution >= 0.6 is 11.3 Å². The summed E-state index contributed by atoms with van der Waals surface area (Å²) in [5, 5.41) is 4.75. The molecule has 1 aromatic carbocycles. The first-order valence-corrected chi connectivity index (χ1v) is 10.4. The van der Waals surface area contributed by atoms with E-state index in [1.807, 2.05) is 29.6 Å². The Morgan fingerprint density at radius 1 is 1.07 bits per heavy atom. The minimum atomic E-state index is -1.01. The van der Waals surface area contributed by atoms with Crippen molar-refractivity contribution in [2.24, 2.45) is 0 Å². The highest BCUT2D eigenvalue weighted by Gasteiger charge is 2.39. The lowest BCUT2D eigenvalue weighted by atomic mass is 10.1. The highest BCUT2D eigenvalue weighted by Crippen LogP contribution is 2.27. The molecular weight excluding hydrogens is 376 g/mol. The Morgan fingerprint density at radius 2 is 1.86 bits per heavy atom. The van der Waals surface area contributed by atoms with Crippen LogP contribution in [0.4, 0.5) is 0 Å². The van der Waals surface area contributed by atoms with Gasteiger partial charge in [-0.3, -0.25) is 9.59 Å². The second-order valence-corrected chi connectivity index (χ2v) is 8.09. The van der Waals surface area contributed by atoms with Crippen LogP contribution in [0.5, 0.6) is 0 Å². The molecule has 2 heterocycles. The van der Waals surface area contributed by atoms with Gasteiger partial charge in [0.15, 0.2) is 0 Å². The first-order chi connectivity index (χ1) is 13.6. The third-order valence-corrected chi connectivity index (χ3v) is 5.87. The molecule has 0 bridgehead atoms. The van der Waals surface area contributed by atoms with Gasteiger partial charge in [-0.05, 0) is 37.1 Å². The Hall–Kier alpha value is -2.67. The number of benzene rings is 1. The van der Waals surface area contributed by atoms with Gasteiger partial charge in [-0.15, -0.1) is 11.3 Å². The Bertz CT molecular complexity index is 849. The predicted octanol–water partition coefficient (Wildman–Crippen LogP) is 2.92. The van der Waals surface area contributed by atoms with Gasteiger partial charge in [0.05, 0.1) is 4.88 Å². The molecule has 146 valence electrons. The monoisotopic (exact) mass is 398 g/mol. The number of hydrogen-bond donors (Lipinski definition) is 1. The molecule has 1 aliphatic carbocycles. The molecular formula is C21H22N2O4S. The molecule has 0 unspecified atom stereocenters. The summed E-state index contributed by atoms with van der Waals surface area (Å²) in [6.45, 7) is 0.515. The number of hydrogen-bond acceptors (Lipinski definition) is 5. The van der Waals surface area contributed by atoms with Gasteiger partial charge in [-0.1, -0.05) is 36.4 Å². The zero-order chi connectivity index (χ0) is 19.5. The third-order valence-electron chi connectivity index (χ3n) is 5.02. The summed E-state index contributed by atoms with van der Waals surface area (Å²) in [7, 11) is 0. The molecule has 2 aliphatic rings. The lowest BCUT2D eigenvalue weighted by Gasteiger charge is -2.25. The van der Waals surface area contributed by atoms with E-state index in [1.54, 1.807) is 23.1 Å². The van der Waals surface area contributed by atoms with E-state index in [0.717, 1.165) is 19.3 Å². The average Bonchev–Trinajstić information content (AvgIpc) is 3.17. The van der Waals surface area contributed by atoms with Crippen molar-refractivity contribution in [3.8, 4) is 0 Å². The molecule has 1 aliphatic heterocycles. The number of nitrogens with zero attached hydrogens (tertiary/aromatic N) is 1. The number of carbonyl (C=O) groups is 3. The average molecular weight is 398 g/mol. The fourth-order valence-electron chi connectivity index (χ4n) is 3.40. The Morgan fingerprint density at radius 3 is 2.54 bits per heavy atom. The van der Waals surface area contributed by atoms with E-state index in [2.05, 4.69) is 5.32 Å². The van der Waals surface area contributed by atoms with Crippen molar-refractivity contribution in [1.82, 2.24) is 10.2 Å². The Kier molecular flexibility index (Phi) is 5.43. The van der Waals surface area contributed by atoms with E-state index in [-0.39, 0.29) is 17.9 Å². The van der Waals surface area contributed by atoms with Crippen LogP contribution in [0.2, 0.25) is 0 Å². The van der Waals surface area contributed by atoms with Crippen LogP contribution in [-0.4, -0.2) is 41.3 Å². The van der Waals surface area contributed by atoms with E-state index in [9.17, 15) is 14.4 Å². The highest BCUT2D eigenvalue weighted by atomic mass is 32.1. The molecule has 2 amide bonds. The fraction of sp³-hybridized carbons (Fsp3) is 0.381. The molecule has 1 saturated carbocycles. The second-order valence-electron chi connectivity index (χ2n) is 7.14. The van der Waals surface area contributed by atoms with Crippen molar-refractivity contribution < 1.29 is 19.1 Å². The number of likely N-dealkylation sites (tertiary alicyclic amines) is 1. The molecule has 4 rings (SSSR count). The molecule has 28 heavy (non-hydrogen) atoms. The minimum Gasteiger partial charge on any atom is -0.446 e. The maximum absolute atomic E-state index is 12.9. The van der Waals surface area contributed by atoms with Gasteiger partial charge in [-0.25, -0.2) is 4.79 Å². The number of esters is 1. The van der Waals surface area contributed by atoms with Crippen LogP contribution in [0.15, 0.2) is 47.8 Å². The van der Waals surface area contributed by atoms with E-state index in [1.165, 1.54) is 11.3 Å². The van der Waals surface area contributed by atoms with E-state index in [0.29, 0.717) is 23.4 Å². The number of thiophene rings is 1. The number of rotatable bonds is 6. The van der Waals surface area contributed by atoms with Crippen molar-refractivity contribution in [1.29, 1.82) is 0 Å². The van der Waals surface area contributed by atoms with Gasteiger partial charge in [-0.2, -0.15) is 0 Å². The molecule has 1 aromatic heterocycles. The third kappa shape index (κ3) is 4.09. The zero-order valence-electron chi connectivity index (χ0n) is 15.4. The minimum absolute atomic E-state index is 0.159. The van der Waals surface area contributed by atoms with Crippen molar-refractivity contribution >= 4 is 29.1 Å². The quantitative estimate of drug-likeness (QED) is 0.759. The number of amides is 2. The van der Waals surface area contributed by atoms with Gasteiger partial charge in [0.1, 0.15) is 6.04 Å². The van der Waals surface area contributed by atoms with E-state index in [4.69, 9.17) is 4.74 Å². The molecule has 1 N–H and O–H groups in total. The summed E-state index contributed by atoms with van der Waals surface area (Å²) < 4.78 is 5.67. The van der Waals surface area contributed by atoms with Crippen molar-refractivity contribution in [2.45, 2.75) is 43.9 Å². The van der Waals surface area contributed by atoms with Crippen LogP contribution in [0, 0.1) is 0 Å². The largest absolute Gasteiger partial charge is 0.446 e. The lowest BCUT2D eigenvalue weighted by Crippen LogP contribution is -2.43. The summed E-state index contributed by atoms with van der Waals surface area (Å²) >= 11 is 1.35. The molecule has 0 spiro atoms. The van der Waals surface area contributed by atoms with Crippen molar-refractivity contribution in [3.63, 3.8) is 0 Å². The van der Waals surface area contributed by atoms with Crippen LogP contribution in [-0.2, 0) is 14.3 Å². The number of carbonyl (C=O) groups excluding carboxylic acids is 3. The van der Waals surface area contributed by atoms with Crippen molar-refractivity contribution in [3.05, 3.63) is 58.3 Å². The van der Waals surface area contributed by atoms with Crippen LogP contribution < -0.4 is 5.32 Å². The fourth-order valence-corrected chi connectivity index (χ4v) is 4.08. The highest BCUT2D eigenvalue weighted by molar-refractivity contribution is 7.12. The topological polar surface area (TPSA) is 75.7 Å². The number of nitrogens with one attached hydrogen (secondary N) is 1. The van der Waals surface area contributed by atoms with Crippen LogP contribution in [0.1, 0.15) is 47.0 Å². The zero-order valence-corrected chi connectivity index (χ0v) is 16.2. The first kappa shape index (κ1) is 18.7. The summed E-state index contributed by atoms with van der Waals surface area (Å²) in [6.07, 6.45) is 2.18. The van der Waals surface area contributed by atoms with E-state index < -0.39 is 18.1 Å². The molecule has 1 saturated heterocycles. The molecule has 7 heteroatoms. The summed E-state index contributed by atoms with van der Waals surface area (Å²) in [4.78, 5) is 40.5. The van der Waals surface area contributed by atoms with Gasteiger partial charge in [0.2, 0.25) is 6.10 Å². The van der Waals surface area contributed by atoms with Gasteiger partial charge in [0.25, 0.3) is 11.8 Å². The number of ether oxygens (including phenoxy) is 1. The summed E-state index contributed by atoms with van der Waals surface area (Å²) in [5.41, 5.74) is 0.628. The molecule has 2 fully saturated rings. The van der Waals surface area contributed by atoms with Crippen LogP contribution in [0.25, 0.3) is 0 Å². The smallest absolute Gasteiger partial charge is 0.329 e. The van der Waals surface area contributed by atoms with Gasteiger partial charge < -0.3 is 15.0 Å². The Labute approximate surface area is 167 Å². The molecule has 2 atom stereocenters. The predicted molar refractivity (Wildman–Crippen MR) is 105 cm³/mol. The summed E-state index contributed by atoms with van der Waals surface area (Å²) in [5.74, 6) is -0.994. The van der Waals surface area contributed by atoms with Crippen molar-refractivity contribution in [2.75, 3.05) is 6.54 Å². The first-order valence-electron chi connectivity index (χ1n) is 9.54. The Balaban J connectivity index is 1.50. The normalized spacial score (nSPS) is 19.9. The summed E-state index contributed by atoms with van der Waals surface area (Å²) in [6, 6.07) is 12.1. The van der Waals surface area contributed by atoms with Gasteiger partial charge in [0, 0.05) is 18.2 Å².